The molecule has 0 unspecified atom stereocenters. The number of nitrogens with one attached hydrogen (secondary N) is 1. The number of hydrogen-bond donors (Lipinski definition) is 1. The molecule has 0 aliphatic heterocycles. The first-order valence-corrected chi connectivity index (χ1v) is 6.64. The Bertz CT molecular complexity index is 757. The van der Waals surface area contributed by atoms with Gasteiger partial charge in [-0.3, -0.25) is 4.79 Å². The predicted octanol–water partition coefficient (Wildman–Crippen LogP) is 3.11. The van der Waals surface area contributed by atoms with Crippen molar-refractivity contribution in [3.05, 3.63) is 51.4 Å². The molecule has 4 nitrogen and oxygen atoms in total. The van der Waals surface area contributed by atoms with Crippen molar-refractivity contribution in [2.75, 3.05) is 0 Å². The summed E-state index contributed by atoms with van der Waals surface area (Å²) in [6, 6.07) is 8.51. The Labute approximate surface area is 120 Å². The van der Waals surface area contributed by atoms with E-state index in [-0.39, 0.29) is 11.7 Å². The third-order valence-electron chi connectivity index (χ3n) is 3.10. The fourth-order valence-electron chi connectivity index (χ4n) is 1.97. The zero-order valence-corrected chi connectivity index (χ0v) is 11.3. The minimum Gasteiger partial charge on any atom is -0.488 e. The Morgan fingerprint density at radius 1 is 1.30 bits per heavy atom. The van der Waals surface area contributed by atoms with Crippen molar-refractivity contribution in [1.29, 1.82) is 5.26 Å². The van der Waals surface area contributed by atoms with Gasteiger partial charge < -0.3 is 9.72 Å². The van der Waals surface area contributed by atoms with Gasteiger partial charge in [-0.2, -0.15) is 5.26 Å². The molecule has 1 aromatic carbocycles. The molecule has 1 aliphatic rings. The molecule has 1 aromatic heterocycles. The molecule has 0 atom stereocenters. The van der Waals surface area contributed by atoms with E-state index in [2.05, 4.69) is 11.1 Å². The van der Waals surface area contributed by atoms with Gasteiger partial charge in [-0.15, -0.1) is 0 Å². The van der Waals surface area contributed by atoms with Crippen LogP contribution in [0.5, 0.6) is 5.75 Å². The van der Waals surface area contributed by atoms with Gasteiger partial charge in [0, 0.05) is 28.4 Å². The van der Waals surface area contributed by atoms with E-state index in [9.17, 15) is 10.1 Å². The summed E-state index contributed by atoms with van der Waals surface area (Å²) in [6.45, 7) is 0. The van der Waals surface area contributed by atoms with E-state index in [1.54, 1.807) is 18.2 Å². The highest BCUT2D eigenvalue weighted by atomic mass is 35.5. The lowest BCUT2D eigenvalue weighted by Crippen LogP contribution is -2.07. The van der Waals surface area contributed by atoms with E-state index in [4.69, 9.17) is 16.3 Å². The molecule has 3 rings (SSSR count). The Morgan fingerprint density at radius 2 is 2.10 bits per heavy atom. The summed E-state index contributed by atoms with van der Waals surface area (Å²) in [4.78, 5) is 14.2. The van der Waals surface area contributed by atoms with E-state index in [0.717, 1.165) is 12.8 Å². The summed E-state index contributed by atoms with van der Waals surface area (Å²) >= 11 is 6.00. The fraction of sp³-hybridized carbons (Fsp3) is 0.200. The third kappa shape index (κ3) is 2.54. The van der Waals surface area contributed by atoms with Gasteiger partial charge in [0.05, 0.1) is 17.7 Å². The van der Waals surface area contributed by atoms with Gasteiger partial charge >= 0.3 is 0 Å². The second kappa shape index (κ2) is 5.03. The molecule has 0 saturated heterocycles. The summed E-state index contributed by atoms with van der Waals surface area (Å²) in [5.74, 6) is 0.575. The monoisotopic (exact) mass is 286 g/mol. The SMILES string of the molecule is N#Cc1ccc(Cl)cc1-c1cc(=O)[nH]cc1OC1CC1. The molecule has 0 radical (unpaired) electrons. The van der Waals surface area contributed by atoms with Crippen molar-refractivity contribution >= 4 is 11.6 Å². The van der Waals surface area contributed by atoms with Crippen LogP contribution in [0.1, 0.15) is 18.4 Å². The largest absolute Gasteiger partial charge is 0.488 e. The Morgan fingerprint density at radius 3 is 2.80 bits per heavy atom. The number of aromatic nitrogens is 1. The van der Waals surface area contributed by atoms with E-state index in [0.29, 0.717) is 27.5 Å². The molecule has 1 heterocycles. The van der Waals surface area contributed by atoms with E-state index >= 15 is 0 Å². The number of nitriles is 1. The maximum atomic E-state index is 11.6. The van der Waals surface area contributed by atoms with Crippen molar-refractivity contribution in [3.8, 4) is 22.9 Å². The Hall–Kier alpha value is -2.25. The highest BCUT2D eigenvalue weighted by molar-refractivity contribution is 6.31. The molecule has 1 saturated carbocycles. The van der Waals surface area contributed by atoms with E-state index in [1.807, 2.05) is 0 Å². The van der Waals surface area contributed by atoms with Crippen molar-refractivity contribution < 1.29 is 4.74 Å². The normalized spacial score (nSPS) is 13.8. The molecule has 0 amide bonds. The summed E-state index contributed by atoms with van der Waals surface area (Å²) in [5.41, 5.74) is 1.43. The molecule has 1 fully saturated rings. The number of rotatable bonds is 3. The first-order chi connectivity index (χ1) is 9.67. The second-order valence-corrected chi connectivity index (χ2v) is 5.13. The van der Waals surface area contributed by atoms with Gasteiger partial charge in [-0.1, -0.05) is 11.6 Å². The summed E-state index contributed by atoms with van der Waals surface area (Å²) in [6.07, 6.45) is 3.76. The van der Waals surface area contributed by atoms with Crippen molar-refractivity contribution in [3.63, 3.8) is 0 Å². The molecule has 1 aliphatic carbocycles. The summed E-state index contributed by atoms with van der Waals surface area (Å²) in [5, 5.41) is 9.72. The first-order valence-electron chi connectivity index (χ1n) is 6.27. The average molecular weight is 287 g/mol. The molecular formula is C15H11ClN2O2. The first kappa shape index (κ1) is 12.8. The molecular weight excluding hydrogens is 276 g/mol. The van der Waals surface area contributed by atoms with Crippen LogP contribution in [-0.2, 0) is 0 Å². The number of H-pyrrole nitrogens is 1. The van der Waals surface area contributed by atoms with Gasteiger partial charge in [0.1, 0.15) is 5.75 Å². The fourth-order valence-corrected chi connectivity index (χ4v) is 2.14. The molecule has 0 spiro atoms. The van der Waals surface area contributed by atoms with Crippen LogP contribution in [0, 0.1) is 11.3 Å². The summed E-state index contributed by atoms with van der Waals surface area (Å²) in [7, 11) is 0. The van der Waals surface area contributed by atoms with Crippen molar-refractivity contribution in [2.45, 2.75) is 18.9 Å². The molecule has 0 bridgehead atoms. The molecule has 20 heavy (non-hydrogen) atoms. The number of benzene rings is 1. The van der Waals surface area contributed by atoms with Crippen LogP contribution in [0.15, 0.2) is 35.3 Å². The number of nitrogens with zero attached hydrogens (tertiary/aromatic N) is 1. The second-order valence-electron chi connectivity index (χ2n) is 4.69. The van der Waals surface area contributed by atoms with Crippen molar-refractivity contribution in [2.24, 2.45) is 0 Å². The molecule has 5 heteroatoms. The van der Waals surface area contributed by atoms with Gasteiger partial charge in [0.25, 0.3) is 0 Å². The molecule has 2 aromatic rings. The highest BCUT2D eigenvalue weighted by Crippen LogP contribution is 2.35. The number of aromatic amines is 1. The lowest BCUT2D eigenvalue weighted by atomic mass is 10.0. The average Bonchev–Trinajstić information content (AvgIpc) is 3.25. The van der Waals surface area contributed by atoms with Gasteiger partial charge in [0.2, 0.25) is 5.56 Å². The Kier molecular flexibility index (Phi) is 3.21. The molecule has 1 N–H and O–H groups in total. The van der Waals surface area contributed by atoms with Gasteiger partial charge in [0.15, 0.2) is 0 Å². The van der Waals surface area contributed by atoms with Crippen LogP contribution < -0.4 is 10.3 Å². The standard InChI is InChI=1S/C15H11ClN2O2/c16-10-2-1-9(7-17)12(5-10)13-6-15(19)18-8-14(13)20-11-3-4-11/h1-2,5-6,8,11H,3-4H2,(H,18,19). The minimum atomic E-state index is -0.244. The molecule has 100 valence electrons. The quantitative estimate of drug-likeness (QED) is 0.943. The van der Waals surface area contributed by atoms with Crippen LogP contribution in [0.4, 0.5) is 0 Å². The Balaban J connectivity index is 2.17. The maximum absolute atomic E-state index is 11.6. The topological polar surface area (TPSA) is 65.9 Å². The zero-order chi connectivity index (χ0) is 14.1. The van der Waals surface area contributed by atoms with Crippen LogP contribution in [0.3, 0.4) is 0 Å². The third-order valence-corrected chi connectivity index (χ3v) is 3.33. The number of hydrogen-bond acceptors (Lipinski definition) is 3. The number of halogens is 1. The van der Waals surface area contributed by atoms with Crippen LogP contribution in [0.25, 0.3) is 11.1 Å². The number of ether oxygens (including phenoxy) is 1. The van der Waals surface area contributed by atoms with Gasteiger partial charge in [-0.25, -0.2) is 0 Å². The van der Waals surface area contributed by atoms with Crippen LogP contribution >= 0.6 is 11.6 Å². The van der Waals surface area contributed by atoms with Crippen LogP contribution in [-0.4, -0.2) is 11.1 Å². The summed E-state index contributed by atoms with van der Waals surface area (Å²) < 4.78 is 5.78. The lowest BCUT2D eigenvalue weighted by Gasteiger charge is -2.11. The minimum absolute atomic E-state index is 0.198. The lowest BCUT2D eigenvalue weighted by molar-refractivity contribution is 0.303. The number of pyridine rings is 1. The van der Waals surface area contributed by atoms with Crippen LogP contribution in [0.2, 0.25) is 5.02 Å². The maximum Gasteiger partial charge on any atom is 0.248 e. The highest BCUT2D eigenvalue weighted by Gasteiger charge is 2.25. The van der Waals surface area contributed by atoms with E-state index < -0.39 is 0 Å². The smallest absolute Gasteiger partial charge is 0.248 e. The van der Waals surface area contributed by atoms with Gasteiger partial charge in [-0.05, 0) is 31.0 Å². The van der Waals surface area contributed by atoms with E-state index in [1.165, 1.54) is 12.3 Å². The zero-order valence-electron chi connectivity index (χ0n) is 10.5. The van der Waals surface area contributed by atoms with Crippen molar-refractivity contribution in [1.82, 2.24) is 4.98 Å². The predicted molar refractivity (Wildman–Crippen MR) is 75.9 cm³/mol.